The SMILES string of the molecule is O=S(=O)(Nc1ccc(Cl)c(Br)c1)c1cc(F)ccc1F. The number of hydrogen-bond acceptors (Lipinski definition) is 2. The van der Waals surface area contributed by atoms with Gasteiger partial charge in [0.2, 0.25) is 0 Å². The molecule has 20 heavy (non-hydrogen) atoms. The van der Waals surface area contributed by atoms with Gasteiger partial charge in [0.1, 0.15) is 16.5 Å². The number of halogens is 4. The van der Waals surface area contributed by atoms with E-state index in [0.29, 0.717) is 15.6 Å². The second-order valence-electron chi connectivity index (χ2n) is 3.81. The van der Waals surface area contributed by atoms with Crippen molar-refractivity contribution in [1.29, 1.82) is 0 Å². The van der Waals surface area contributed by atoms with Gasteiger partial charge in [-0.25, -0.2) is 17.2 Å². The van der Waals surface area contributed by atoms with Crippen molar-refractivity contribution in [2.45, 2.75) is 4.90 Å². The Hall–Kier alpha value is -1.18. The third-order valence-electron chi connectivity index (χ3n) is 2.35. The van der Waals surface area contributed by atoms with Gasteiger partial charge in [-0.1, -0.05) is 11.6 Å². The van der Waals surface area contributed by atoms with E-state index in [-0.39, 0.29) is 5.69 Å². The molecule has 0 heterocycles. The van der Waals surface area contributed by atoms with Gasteiger partial charge >= 0.3 is 0 Å². The van der Waals surface area contributed by atoms with Gasteiger partial charge in [0.25, 0.3) is 10.0 Å². The van der Waals surface area contributed by atoms with E-state index < -0.39 is 26.6 Å². The van der Waals surface area contributed by atoms with Gasteiger partial charge in [-0.3, -0.25) is 4.72 Å². The molecule has 0 aromatic heterocycles. The van der Waals surface area contributed by atoms with Gasteiger partial charge in [-0.2, -0.15) is 0 Å². The summed E-state index contributed by atoms with van der Waals surface area (Å²) in [4.78, 5) is -0.761. The minimum absolute atomic E-state index is 0.171. The monoisotopic (exact) mass is 381 g/mol. The van der Waals surface area contributed by atoms with Crippen molar-refractivity contribution in [2.24, 2.45) is 0 Å². The summed E-state index contributed by atoms with van der Waals surface area (Å²) < 4.78 is 53.2. The first-order valence-corrected chi connectivity index (χ1v) is 7.88. The quantitative estimate of drug-likeness (QED) is 0.865. The van der Waals surface area contributed by atoms with Crippen molar-refractivity contribution in [1.82, 2.24) is 0 Å². The standard InChI is InChI=1S/C12H7BrClF2NO2S/c13-9-6-8(2-3-10(9)14)17-20(18,19)12-5-7(15)1-4-11(12)16/h1-6,17H. The van der Waals surface area contributed by atoms with Gasteiger partial charge in [0.05, 0.1) is 10.7 Å². The average Bonchev–Trinajstić information content (AvgIpc) is 2.36. The van der Waals surface area contributed by atoms with Gasteiger partial charge in [0, 0.05) is 4.47 Å². The van der Waals surface area contributed by atoms with E-state index in [1.807, 2.05) is 0 Å². The molecule has 0 saturated heterocycles. The van der Waals surface area contributed by atoms with Crippen LogP contribution in [0, 0.1) is 11.6 Å². The first-order chi connectivity index (χ1) is 9.29. The van der Waals surface area contributed by atoms with Crippen LogP contribution >= 0.6 is 27.5 Å². The molecule has 0 fully saturated rings. The van der Waals surface area contributed by atoms with Gasteiger partial charge in [0.15, 0.2) is 0 Å². The zero-order valence-electron chi connectivity index (χ0n) is 9.70. The number of hydrogen-bond donors (Lipinski definition) is 1. The molecule has 0 radical (unpaired) electrons. The van der Waals surface area contributed by atoms with E-state index >= 15 is 0 Å². The molecule has 0 aliphatic heterocycles. The third-order valence-corrected chi connectivity index (χ3v) is 4.96. The zero-order valence-corrected chi connectivity index (χ0v) is 12.9. The molecule has 2 aromatic rings. The lowest BCUT2D eigenvalue weighted by Crippen LogP contribution is -2.14. The highest BCUT2D eigenvalue weighted by atomic mass is 79.9. The number of rotatable bonds is 3. The van der Waals surface area contributed by atoms with Crippen LogP contribution in [0.2, 0.25) is 5.02 Å². The molecule has 0 aliphatic carbocycles. The molecule has 2 rings (SSSR count). The normalized spacial score (nSPS) is 11.4. The molecule has 3 nitrogen and oxygen atoms in total. The van der Waals surface area contributed by atoms with Crippen LogP contribution < -0.4 is 4.72 Å². The Morgan fingerprint density at radius 2 is 1.80 bits per heavy atom. The highest BCUT2D eigenvalue weighted by Crippen LogP contribution is 2.27. The van der Waals surface area contributed by atoms with Gasteiger partial charge in [-0.05, 0) is 52.3 Å². The largest absolute Gasteiger partial charge is 0.280 e. The van der Waals surface area contributed by atoms with Crippen LogP contribution in [0.1, 0.15) is 0 Å². The van der Waals surface area contributed by atoms with E-state index in [9.17, 15) is 17.2 Å². The smallest absolute Gasteiger partial charge is 0.264 e. The summed E-state index contributed by atoms with van der Waals surface area (Å²) in [6.07, 6.45) is 0. The molecular formula is C12H7BrClF2NO2S. The van der Waals surface area contributed by atoms with Crippen LogP contribution in [0.5, 0.6) is 0 Å². The summed E-state index contributed by atoms with van der Waals surface area (Å²) in [5.74, 6) is -1.88. The molecule has 0 amide bonds. The molecule has 0 bridgehead atoms. The molecule has 0 unspecified atom stereocenters. The van der Waals surface area contributed by atoms with E-state index in [1.165, 1.54) is 18.2 Å². The van der Waals surface area contributed by atoms with Crippen LogP contribution in [0.15, 0.2) is 45.8 Å². The van der Waals surface area contributed by atoms with Crippen LogP contribution in [-0.2, 0) is 10.0 Å². The first-order valence-electron chi connectivity index (χ1n) is 5.22. The van der Waals surface area contributed by atoms with E-state index in [0.717, 1.165) is 12.1 Å². The highest BCUT2D eigenvalue weighted by molar-refractivity contribution is 9.10. The lowest BCUT2D eigenvalue weighted by atomic mass is 10.3. The zero-order chi connectivity index (χ0) is 14.9. The van der Waals surface area contributed by atoms with Crippen molar-refractivity contribution >= 4 is 43.2 Å². The van der Waals surface area contributed by atoms with Crippen LogP contribution in [0.3, 0.4) is 0 Å². The molecule has 2 aromatic carbocycles. The third kappa shape index (κ3) is 3.28. The predicted molar refractivity (Wildman–Crippen MR) is 76.3 cm³/mol. The lowest BCUT2D eigenvalue weighted by molar-refractivity contribution is 0.555. The maximum absolute atomic E-state index is 13.5. The number of anilines is 1. The van der Waals surface area contributed by atoms with Gasteiger partial charge < -0.3 is 0 Å². The fourth-order valence-electron chi connectivity index (χ4n) is 1.45. The van der Waals surface area contributed by atoms with Crippen molar-refractivity contribution in [3.63, 3.8) is 0 Å². The molecule has 0 saturated carbocycles. The first kappa shape index (κ1) is 15.2. The molecule has 0 spiro atoms. The molecule has 0 atom stereocenters. The van der Waals surface area contributed by atoms with Gasteiger partial charge in [-0.15, -0.1) is 0 Å². The Balaban J connectivity index is 2.40. The number of benzene rings is 2. The molecule has 0 aliphatic rings. The highest BCUT2D eigenvalue weighted by Gasteiger charge is 2.20. The Kier molecular flexibility index (Phi) is 4.31. The topological polar surface area (TPSA) is 46.2 Å². The Morgan fingerprint density at radius 1 is 1.10 bits per heavy atom. The minimum Gasteiger partial charge on any atom is -0.280 e. The Morgan fingerprint density at radius 3 is 2.45 bits per heavy atom. The Bertz CT molecular complexity index is 768. The molecule has 1 N–H and O–H groups in total. The summed E-state index contributed by atoms with van der Waals surface area (Å²) in [5.41, 5.74) is 0.171. The molecular weight excluding hydrogens is 376 g/mol. The lowest BCUT2D eigenvalue weighted by Gasteiger charge is -2.09. The molecule has 106 valence electrons. The van der Waals surface area contributed by atoms with Crippen LogP contribution in [0.4, 0.5) is 14.5 Å². The fourth-order valence-corrected chi connectivity index (χ4v) is 3.09. The number of sulfonamides is 1. The summed E-state index contributed by atoms with van der Waals surface area (Å²) in [5, 5.41) is 0.393. The van der Waals surface area contributed by atoms with Crippen LogP contribution in [-0.4, -0.2) is 8.42 Å². The maximum Gasteiger partial charge on any atom is 0.264 e. The fraction of sp³-hybridized carbons (Fsp3) is 0. The predicted octanol–water partition coefficient (Wildman–Crippen LogP) is 4.18. The summed E-state index contributed by atoms with van der Waals surface area (Å²) in [6.45, 7) is 0. The van der Waals surface area contributed by atoms with E-state index in [1.54, 1.807) is 0 Å². The van der Waals surface area contributed by atoms with E-state index in [4.69, 9.17) is 11.6 Å². The van der Waals surface area contributed by atoms with Crippen LogP contribution in [0.25, 0.3) is 0 Å². The maximum atomic E-state index is 13.5. The Labute approximate surface area is 127 Å². The van der Waals surface area contributed by atoms with Crippen molar-refractivity contribution in [3.8, 4) is 0 Å². The second-order valence-corrected chi connectivity index (χ2v) is 6.72. The summed E-state index contributed by atoms with van der Waals surface area (Å²) >= 11 is 8.92. The van der Waals surface area contributed by atoms with Crippen molar-refractivity contribution in [2.75, 3.05) is 4.72 Å². The average molecular weight is 383 g/mol. The van der Waals surface area contributed by atoms with Crippen molar-refractivity contribution in [3.05, 3.63) is 57.5 Å². The second kappa shape index (κ2) is 5.67. The minimum atomic E-state index is -4.23. The summed E-state index contributed by atoms with van der Waals surface area (Å²) in [7, 11) is -4.23. The number of nitrogens with one attached hydrogen (secondary N) is 1. The van der Waals surface area contributed by atoms with Crippen molar-refractivity contribution < 1.29 is 17.2 Å². The molecule has 8 heteroatoms. The van der Waals surface area contributed by atoms with E-state index in [2.05, 4.69) is 20.7 Å². The summed E-state index contributed by atoms with van der Waals surface area (Å²) in [6, 6.07) is 6.49.